The number of methoxy groups -OCH3 is 2. The van der Waals surface area contributed by atoms with Crippen LogP contribution in [0.15, 0.2) is 28.7 Å². The van der Waals surface area contributed by atoms with Crippen molar-refractivity contribution in [3.63, 3.8) is 0 Å². The molecule has 0 aliphatic rings. The third kappa shape index (κ3) is 3.44. The van der Waals surface area contributed by atoms with Crippen molar-refractivity contribution < 1.29 is 18.7 Å². The standard InChI is InChI=1S/C16H17N5O4/c1-9-5-13(20-21(9)2)15-18-19-16(25-15)17-14(22)10-6-11(23-3)8-12(7-10)24-4/h5-8H,1-4H3,(H,17,19,22). The number of aryl methyl sites for hydroxylation is 2. The van der Waals surface area contributed by atoms with E-state index in [9.17, 15) is 4.79 Å². The Kier molecular flexibility index (Phi) is 4.38. The average Bonchev–Trinajstić information content (AvgIpc) is 3.21. The van der Waals surface area contributed by atoms with E-state index in [1.165, 1.54) is 14.2 Å². The molecule has 0 saturated carbocycles. The van der Waals surface area contributed by atoms with Crippen LogP contribution in [0.5, 0.6) is 11.5 Å². The fourth-order valence-corrected chi connectivity index (χ4v) is 2.15. The summed E-state index contributed by atoms with van der Waals surface area (Å²) in [6, 6.07) is 6.62. The number of hydrogen-bond acceptors (Lipinski definition) is 7. The molecule has 0 bridgehead atoms. The number of ether oxygens (including phenoxy) is 2. The first-order valence-electron chi connectivity index (χ1n) is 7.39. The van der Waals surface area contributed by atoms with E-state index in [0.29, 0.717) is 22.8 Å². The van der Waals surface area contributed by atoms with Crippen LogP contribution in [0, 0.1) is 6.92 Å². The second-order valence-corrected chi connectivity index (χ2v) is 5.26. The van der Waals surface area contributed by atoms with Crippen LogP contribution in [-0.4, -0.2) is 40.1 Å². The van der Waals surface area contributed by atoms with Crippen molar-refractivity contribution >= 4 is 11.9 Å². The molecule has 1 amide bonds. The van der Waals surface area contributed by atoms with E-state index in [1.807, 2.05) is 20.0 Å². The predicted octanol–water partition coefficient (Wildman–Crippen LogP) is 2.05. The third-order valence-corrected chi connectivity index (χ3v) is 3.59. The van der Waals surface area contributed by atoms with E-state index < -0.39 is 5.91 Å². The molecule has 3 aromatic rings. The second-order valence-electron chi connectivity index (χ2n) is 5.26. The molecule has 0 saturated heterocycles. The summed E-state index contributed by atoms with van der Waals surface area (Å²) in [4.78, 5) is 12.4. The lowest BCUT2D eigenvalue weighted by Crippen LogP contribution is -2.12. The molecule has 0 aliphatic heterocycles. The number of anilines is 1. The largest absolute Gasteiger partial charge is 0.497 e. The molecule has 0 unspecified atom stereocenters. The van der Waals surface area contributed by atoms with Crippen LogP contribution in [-0.2, 0) is 7.05 Å². The number of rotatable bonds is 5. The summed E-state index contributed by atoms with van der Waals surface area (Å²) in [6.45, 7) is 1.91. The maximum Gasteiger partial charge on any atom is 0.322 e. The molecule has 0 spiro atoms. The Labute approximate surface area is 143 Å². The van der Waals surface area contributed by atoms with E-state index >= 15 is 0 Å². The molecule has 0 aliphatic carbocycles. The van der Waals surface area contributed by atoms with Gasteiger partial charge in [0.05, 0.1) is 14.2 Å². The zero-order valence-corrected chi connectivity index (χ0v) is 14.2. The number of carbonyl (C=O) groups excluding carboxylic acids is 1. The van der Waals surface area contributed by atoms with E-state index in [1.54, 1.807) is 22.9 Å². The van der Waals surface area contributed by atoms with Gasteiger partial charge in [-0.25, -0.2) is 0 Å². The molecule has 0 atom stereocenters. The van der Waals surface area contributed by atoms with Crippen LogP contribution < -0.4 is 14.8 Å². The smallest absolute Gasteiger partial charge is 0.322 e. The summed E-state index contributed by atoms with van der Waals surface area (Å²) in [5.41, 5.74) is 1.82. The second kappa shape index (κ2) is 6.63. The quantitative estimate of drug-likeness (QED) is 0.756. The van der Waals surface area contributed by atoms with Crippen molar-refractivity contribution in [2.24, 2.45) is 7.05 Å². The third-order valence-electron chi connectivity index (χ3n) is 3.59. The molecule has 1 N–H and O–H groups in total. The number of carbonyl (C=O) groups is 1. The first-order valence-corrected chi connectivity index (χ1v) is 7.39. The number of nitrogens with one attached hydrogen (secondary N) is 1. The highest BCUT2D eigenvalue weighted by Gasteiger charge is 2.16. The molecule has 2 aromatic heterocycles. The van der Waals surface area contributed by atoms with Gasteiger partial charge in [-0.05, 0) is 25.1 Å². The van der Waals surface area contributed by atoms with Crippen LogP contribution in [0.4, 0.5) is 6.01 Å². The number of nitrogens with zero attached hydrogens (tertiary/aromatic N) is 4. The Bertz CT molecular complexity index is 873. The molecular formula is C16H17N5O4. The molecule has 9 nitrogen and oxygen atoms in total. The van der Waals surface area contributed by atoms with Crippen molar-refractivity contribution in [2.75, 3.05) is 19.5 Å². The summed E-state index contributed by atoms with van der Waals surface area (Å²) in [6.07, 6.45) is 0. The summed E-state index contributed by atoms with van der Waals surface area (Å²) in [5, 5.41) is 14.5. The summed E-state index contributed by atoms with van der Waals surface area (Å²) < 4.78 is 17.4. The van der Waals surface area contributed by atoms with Gasteiger partial charge >= 0.3 is 6.01 Å². The van der Waals surface area contributed by atoms with Crippen molar-refractivity contribution in [3.05, 3.63) is 35.5 Å². The highest BCUT2D eigenvalue weighted by molar-refractivity contribution is 6.03. The summed E-state index contributed by atoms with van der Waals surface area (Å²) >= 11 is 0. The first-order chi connectivity index (χ1) is 12.0. The van der Waals surface area contributed by atoms with Crippen LogP contribution in [0.2, 0.25) is 0 Å². The van der Waals surface area contributed by atoms with Crippen molar-refractivity contribution in [1.29, 1.82) is 0 Å². The maximum absolute atomic E-state index is 12.4. The van der Waals surface area contributed by atoms with Gasteiger partial charge in [-0.15, -0.1) is 5.10 Å². The normalized spacial score (nSPS) is 10.6. The van der Waals surface area contributed by atoms with E-state index in [4.69, 9.17) is 13.9 Å². The monoisotopic (exact) mass is 343 g/mol. The van der Waals surface area contributed by atoms with Gasteiger partial charge in [0.1, 0.15) is 17.2 Å². The maximum atomic E-state index is 12.4. The highest BCUT2D eigenvalue weighted by atomic mass is 16.5. The Morgan fingerprint density at radius 2 is 1.80 bits per heavy atom. The van der Waals surface area contributed by atoms with Gasteiger partial charge in [-0.2, -0.15) is 5.10 Å². The molecule has 9 heteroatoms. The molecule has 2 heterocycles. The van der Waals surface area contributed by atoms with E-state index in [-0.39, 0.29) is 11.9 Å². The van der Waals surface area contributed by atoms with Gasteiger partial charge in [0, 0.05) is 24.4 Å². The number of amides is 1. The number of hydrogen-bond donors (Lipinski definition) is 1. The number of benzene rings is 1. The van der Waals surface area contributed by atoms with Crippen LogP contribution in [0.25, 0.3) is 11.6 Å². The Balaban J connectivity index is 1.80. The zero-order valence-electron chi connectivity index (χ0n) is 14.2. The van der Waals surface area contributed by atoms with Crippen LogP contribution in [0.3, 0.4) is 0 Å². The summed E-state index contributed by atoms with van der Waals surface area (Å²) in [5.74, 6) is 0.797. The van der Waals surface area contributed by atoms with Crippen molar-refractivity contribution in [3.8, 4) is 23.1 Å². The Morgan fingerprint density at radius 3 is 2.36 bits per heavy atom. The van der Waals surface area contributed by atoms with Gasteiger partial charge in [-0.1, -0.05) is 5.10 Å². The fraction of sp³-hybridized carbons (Fsp3) is 0.250. The van der Waals surface area contributed by atoms with Crippen molar-refractivity contribution in [1.82, 2.24) is 20.0 Å². The van der Waals surface area contributed by atoms with Crippen LogP contribution >= 0.6 is 0 Å². The molecule has 0 radical (unpaired) electrons. The lowest BCUT2D eigenvalue weighted by molar-refractivity contribution is 0.102. The van der Waals surface area contributed by atoms with Gasteiger partial charge < -0.3 is 13.9 Å². The van der Waals surface area contributed by atoms with Crippen molar-refractivity contribution in [2.45, 2.75) is 6.92 Å². The molecule has 1 aromatic carbocycles. The topological polar surface area (TPSA) is 104 Å². The van der Waals surface area contributed by atoms with Crippen LogP contribution in [0.1, 0.15) is 16.1 Å². The number of aromatic nitrogens is 4. The average molecular weight is 343 g/mol. The fourth-order valence-electron chi connectivity index (χ4n) is 2.15. The SMILES string of the molecule is COc1cc(OC)cc(C(=O)Nc2nnc(-c3cc(C)n(C)n3)o2)c1. The Morgan fingerprint density at radius 1 is 1.12 bits per heavy atom. The lowest BCUT2D eigenvalue weighted by atomic mass is 10.2. The highest BCUT2D eigenvalue weighted by Crippen LogP contribution is 2.24. The van der Waals surface area contributed by atoms with Gasteiger partial charge in [0.25, 0.3) is 11.8 Å². The minimum absolute atomic E-state index is 0.0231. The molecule has 25 heavy (non-hydrogen) atoms. The Hall–Kier alpha value is -3.36. The molecular weight excluding hydrogens is 326 g/mol. The predicted molar refractivity (Wildman–Crippen MR) is 88.7 cm³/mol. The van der Waals surface area contributed by atoms with Gasteiger partial charge in [0.15, 0.2) is 0 Å². The van der Waals surface area contributed by atoms with Gasteiger partial charge in [-0.3, -0.25) is 14.8 Å². The summed E-state index contributed by atoms with van der Waals surface area (Å²) in [7, 11) is 4.83. The minimum Gasteiger partial charge on any atom is -0.497 e. The first kappa shape index (κ1) is 16.5. The lowest BCUT2D eigenvalue weighted by Gasteiger charge is -2.07. The molecule has 0 fully saturated rings. The van der Waals surface area contributed by atoms with E-state index in [0.717, 1.165) is 5.69 Å². The molecule has 3 rings (SSSR count). The van der Waals surface area contributed by atoms with E-state index in [2.05, 4.69) is 20.6 Å². The zero-order chi connectivity index (χ0) is 18.0. The minimum atomic E-state index is -0.426. The molecule has 130 valence electrons. The van der Waals surface area contributed by atoms with Gasteiger partial charge in [0.2, 0.25) is 0 Å².